The van der Waals surface area contributed by atoms with Gasteiger partial charge in [0, 0.05) is 18.6 Å². The van der Waals surface area contributed by atoms with Gasteiger partial charge >= 0.3 is 24.3 Å². The van der Waals surface area contributed by atoms with E-state index in [2.05, 4.69) is 35.0 Å². The average Bonchev–Trinajstić information content (AvgIpc) is 3.04. The number of aliphatic imine (C=N–C) groups is 2. The van der Waals surface area contributed by atoms with E-state index in [1.807, 2.05) is 6.92 Å². The molecule has 8 aliphatic carbocycles. The summed E-state index contributed by atoms with van der Waals surface area (Å²) in [5, 5.41) is 34.8. The summed E-state index contributed by atoms with van der Waals surface area (Å²) in [7, 11) is 4.12. The Bertz CT molecular complexity index is 1250. The van der Waals surface area contributed by atoms with Gasteiger partial charge in [0.1, 0.15) is 0 Å². The third-order valence-electron chi connectivity index (χ3n) is 12.3. The van der Waals surface area contributed by atoms with Gasteiger partial charge < -0.3 is 30.1 Å². The fourth-order valence-electron chi connectivity index (χ4n) is 10.2. The summed E-state index contributed by atoms with van der Waals surface area (Å²) in [4.78, 5) is 31.3. The lowest BCUT2D eigenvalue weighted by atomic mass is 9.50. The summed E-state index contributed by atoms with van der Waals surface area (Å²) in [5.74, 6) is 0.996. The fraction of sp³-hybridized carbons (Fsp3) is 0.921. The van der Waals surface area contributed by atoms with E-state index in [1.54, 1.807) is 0 Å². The summed E-state index contributed by atoms with van der Waals surface area (Å²) in [5.41, 5.74) is -6.82. The highest BCUT2D eigenvalue weighted by Crippen LogP contribution is 2.61. The summed E-state index contributed by atoms with van der Waals surface area (Å²) in [6.45, 7) is 5.78. The monoisotopic (exact) mass is 821 g/mol. The van der Waals surface area contributed by atoms with E-state index in [4.69, 9.17) is 14.9 Å². The van der Waals surface area contributed by atoms with Gasteiger partial charge in [0.05, 0.1) is 19.2 Å². The molecule has 8 bridgehead atoms. The number of carboxylic acids is 1. The molecule has 0 spiro atoms. The predicted octanol–water partition coefficient (Wildman–Crippen LogP) is 7.19. The molecular formula is C38H62ClF6N3O7. The number of carboxylic acid groups (broad SMARTS) is 1. The first kappa shape index (κ1) is 49.2. The number of hydrogen-bond acceptors (Lipinski definition) is 9. The standard InChI is InChI=1S/C15H21F3O3.C11H18O.C8H17N3.C4H5F3O3.ClH/c1-13(20,15(16,17)18)12(19)21-8-14-5-9-2-10(6-14)4-11(3-9)7-14;12-7-11-4-8-1-9(5-11)3-10(2-8)6-11;1-4-9-8-10-6-5-7-11(2)3;1-3(10,2(8)9)4(5,6)7;/h9-11,20H,2-8H2,1H3;8-10,12H,1-7H2;4-7H2,1-3H3;10H,1H3,(H,8,9);1H. The first-order valence-electron chi connectivity index (χ1n) is 19.2. The van der Waals surface area contributed by atoms with Gasteiger partial charge in [-0.2, -0.15) is 26.3 Å². The maximum atomic E-state index is 12.6. The minimum atomic E-state index is -5.13. The molecule has 8 fully saturated rings. The first-order chi connectivity index (χ1) is 24.9. The number of aliphatic hydroxyl groups is 3. The van der Waals surface area contributed by atoms with E-state index in [0.717, 1.165) is 63.1 Å². The summed E-state index contributed by atoms with van der Waals surface area (Å²) in [6, 6.07) is 2.64. The summed E-state index contributed by atoms with van der Waals surface area (Å²) in [6.07, 6.45) is 5.91. The third-order valence-corrected chi connectivity index (χ3v) is 12.3. The number of ether oxygens (including phenoxy) is 1. The number of alkyl halides is 6. The summed E-state index contributed by atoms with van der Waals surface area (Å²) < 4.78 is 77.1. The van der Waals surface area contributed by atoms with Crippen molar-refractivity contribution in [1.29, 1.82) is 0 Å². The Balaban J connectivity index is 0.000000267. The number of rotatable bonds is 10. The second-order valence-electron chi connectivity index (χ2n) is 17.6. The number of hydrogen-bond donors (Lipinski definition) is 4. The van der Waals surface area contributed by atoms with Crippen molar-refractivity contribution in [3.8, 4) is 0 Å². The molecule has 0 amide bonds. The summed E-state index contributed by atoms with van der Waals surface area (Å²) >= 11 is 0. The minimum absolute atomic E-state index is 0. The second kappa shape index (κ2) is 19.7. The van der Waals surface area contributed by atoms with Crippen LogP contribution in [0.4, 0.5) is 26.3 Å². The van der Waals surface area contributed by atoms with Crippen LogP contribution < -0.4 is 0 Å². The van der Waals surface area contributed by atoms with Crippen molar-refractivity contribution in [2.45, 2.75) is 128 Å². The van der Waals surface area contributed by atoms with Crippen molar-refractivity contribution in [3.05, 3.63) is 0 Å². The molecule has 320 valence electrons. The highest BCUT2D eigenvalue weighted by Gasteiger charge is 2.59. The lowest BCUT2D eigenvalue weighted by Crippen LogP contribution is -2.53. The normalized spacial score (nSPS) is 33.1. The molecule has 8 rings (SSSR count). The topological polar surface area (TPSA) is 152 Å². The van der Waals surface area contributed by atoms with Gasteiger partial charge in [-0.15, -0.1) is 12.4 Å². The predicted molar refractivity (Wildman–Crippen MR) is 196 cm³/mol. The van der Waals surface area contributed by atoms with E-state index < -0.39 is 35.5 Å². The second-order valence-corrected chi connectivity index (χ2v) is 17.6. The molecule has 0 aromatic heterocycles. The van der Waals surface area contributed by atoms with Gasteiger partial charge in [-0.25, -0.2) is 19.6 Å². The smallest absolute Gasteiger partial charge is 0.427 e. The minimum Gasteiger partial charge on any atom is -0.479 e. The van der Waals surface area contributed by atoms with Crippen LogP contribution >= 0.6 is 12.4 Å². The molecule has 0 radical (unpaired) electrons. The first-order valence-corrected chi connectivity index (χ1v) is 19.2. The number of aliphatic hydroxyl groups excluding tert-OH is 1. The van der Waals surface area contributed by atoms with Crippen molar-refractivity contribution in [1.82, 2.24) is 4.90 Å². The number of carbonyl (C=O) groups is 2. The molecule has 2 unspecified atom stereocenters. The van der Waals surface area contributed by atoms with E-state index in [1.165, 1.54) is 57.8 Å². The lowest BCUT2D eigenvalue weighted by molar-refractivity contribution is -0.259. The van der Waals surface area contributed by atoms with Gasteiger partial charge in [0.15, 0.2) is 0 Å². The molecule has 0 saturated heterocycles. The van der Waals surface area contributed by atoms with E-state index in [-0.39, 0.29) is 31.4 Å². The Morgan fingerprint density at radius 3 is 1.42 bits per heavy atom. The molecule has 0 aliphatic heterocycles. The molecule has 2 atom stereocenters. The highest BCUT2D eigenvalue weighted by molar-refractivity contribution is 5.85. The Hall–Kier alpha value is -1.97. The van der Waals surface area contributed by atoms with Crippen LogP contribution in [0.15, 0.2) is 9.98 Å². The maximum absolute atomic E-state index is 12.6. The molecule has 4 N–H and O–H groups in total. The van der Waals surface area contributed by atoms with Crippen molar-refractivity contribution < 1.29 is 61.1 Å². The van der Waals surface area contributed by atoms with Gasteiger partial charge in [0.2, 0.25) is 0 Å². The zero-order valence-electron chi connectivity index (χ0n) is 32.7. The number of esters is 1. The molecular weight excluding hydrogens is 760 g/mol. The molecule has 0 aromatic rings. The van der Waals surface area contributed by atoms with Crippen molar-refractivity contribution in [3.63, 3.8) is 0 Å². The van der Waals surface area contributed by atoms with Crippen LogP contribution in [0.2, 0.25) is 0 Å². The molecule has 8 aliphatic rings. The Kier molecular flexibility index (Phi) is 17.6. The van der Waals surface area contributed by atoms with Gasteiger partial charge in [-0.3, -0.25) is 0 Å². The Labute approximate surface area is 327 Å². The Morgan fingerprint density at radius 2 is 1.13 bits per heavy atom. The molecule has 10 nitrogen and oxygen atoms in total. The van der Waals surface area contributed by atoms with Crippen LogP contribution in [0.5, 0.6) is 0 Å². The molecule has 8 saturated carbocycles. The third kappa shape index (κ3) is 13.3. The Morgan fingerprint density at radius 1 is 0.745 bits per heavy atom. The van der Waals surface area contributed by atoms with Crippen molar-refractivity contribution in [2.75, 3.05) is 46.9 Å². The van der Waals surface area contributed by atoms with Crippen LogP contribution in [0.3, 0.4) is 0 Å². The van der Waals surface area contributed by atoms with Gasteiger partial charge in [0.25, 0.3) is 11.2 Å². The van der Waals surface area contributed by atoms with E-state index >= 15 is 0 Å². The number of halogens is 7. The lowest BCUT2D eigenvalue weighted by Gasteiger charge is -2.56. The molecule has 0 heterocycles. The van der Waals surface area contributed by atoms with Crippen LogP contribution in [-0.4, -0.2) is 114 Å². The largest absolute Gasteiger partial charge is 0.479 e. The average molecular weight is 822 g/mol. The maximum Gasteiger partial charge on any atom is 0.427 e. The fourth-order valence-corrected chi connectivity index (χ4v) is 10.2. The van der Waals surface area contributed by atoms with Crippen molar-refractivity contribution >= 4 is 30.4 Å². The van der Waals surface area contributed by atoms with Crippen molar-refractivity contribution in [2.24, 2.45) is 56.3 Å². The van der Waals surface area contributed by atoms with Crippen LogP contribution in [0.1, 0.15) is 104 Å². The molecule has 55 heavy (non-hydrogen) atoms. The SMILES string of the molecule is CC(O)(C(=O)O)C(F)(F)F.CC(O)(C(=O)OCC12CC3CC(CC(C3)C1)C2)C(F)(F)F.CCN=C=NCCCN(C)C.Cl.OCC12CC3CC(CC(C3)C1)C2. The zero-order chi connectivity index (χ0) is 40.8. The van der Waals surface area contributed by atoms with Crippen LogP contribution in [0.25, 0.3) is 0 Å². The number of aliphatic carboxylic acids is 1. The van der Waals surface area contributed by atoms with E-state index in [9.17, 15) is 46.1 Å². The number of carbonyl (C=O) groups excluding carboxylic acids is 1. The van der Waals surface area contributed by atoms with E-state index in [0.29, 0.717) is 36.7 Å². The van der Waals surface area contributed by atoms with Crippen LogP contribution in [-0.2, 0) is 14.3 Å². The molecule has 17 heteroatoms. The molecule has 0 aromatic carbocycles. The number of nitrogens with zero attached hydrogens (tertiary/aromatic N) is 3. The van der Waals surface area contributed by atoms with Gasteiger partial charge in [-0.1, -0.05) is 0 Å². The quantitative estimate of drug-likeness (QED) is 0.0783. The van der Waals surface area contributed by atoms with Crippen LogP contribution in [0, 0.1) is 46.3 Å². The van der Waals surface area contributed by atoms with Gasteiger partial charge in [-0.05, 0) is 166 Å². The highest BCUT2D eigenvalue weighted by atomic mass is 35.5. The zero-order valence-corrected chi connectivity index (χ0v) is 33.5.